The molecule has 2 aromatic rings. The van der Waals surface area contributed by atoms with Crippen LogP contribution in [0.15, 0.2) is 30.5 Å². The number of carboxylic acid groups (broad SMARTS) is 1. The zero-order valence-electron chi connectivity index (χ0n) is 9.73. The number of benzene rings is 1. The van der Waals surface area contributed by atoms with E-state index in [1.165, 1.54) is 24.4 Å². The van der Waals surface area contributed by atoms with Gasteiger partial charge >= 0.3 is 18.1 Å². The minimum absolute atomic E-state index is 0.0231. The third kappa shape index (κ3) is 2.53. The molecular weight excluding hydrogens is 277 g/mol. The summed E-state index contributed by atoms with van der Waals surface area (Å²) in [4.78, 5) is 25.8. The summed E-state index contributed by atoms with van der Waals surface area (Å²) in [6.07, 6.45) is -3.83. The highest BCUT2D eigenvalue weighted by Crippen LogP contribution is 2.28. The summed E-state index contributed by atoms with van der Waals surface area (Å²) in [5.74, 6) is -3.71. The monoisotopic (exact) mass is 284 g/mol. The summed E-state index contributed by atoms with van der Waals surface area (Å²) in [5, 5.41) is 11.0. The lowest BCUT2D eigenvalue weighted by atomic mass is 10.1. The number of carbonyl (C=O) groups excluding carboxylic acids is 1. The number of carbonyl (C=O) groups is 2. The molecule has 0 saturated carbocycles. The van der Waals surface area contributed by atoms with Crippen LogP contribution in [0.25, 0.3) is 10.9 Å². The number of aromatic nitrogens is 1. The van der Waals surface area contributed by atoms with E-state index in [4.69, 9.17) is 5.11 Å². The first-order chi connectivity index (χ1) is 9.30. The molecule has 0 radical (unpaired) electrons. The van der Waals surface area contributed by atoms with Crippen molar-refractivity contribution in [2.24, 2.45) is 0 Å². The fourth-order valence-electron chi connectivity index (χ4n) is 1.63. The Labute approximate surface area is 110 Å². The summed E-state index contributed by atoms with van der Waals surface area (Å²) in [6.45, 7) is 0. The minimum Gasteiger partial charge on any atom is -0.478 e. The Balaban J connectivity index is 2.61. The van der Waals surface area contributed by atoms with E-state index in [1.54, 1.807) is 5.32 Å². The number of aromatic carboxylic acids is 1. The molecule has 1 heterocycles. The van der Waals surface area contributed by atoms with Gasteiger partial charge in [-0.05, 0) is 12.1 Å². The topological polar surface area (TPSA) is 79.3 Å². The van der Waals surface area contributed by atoms with Gasteiger partial charge in [0.1, 0.15) is 0 Å². The van der Waals surface area contributed by atoms with E-state index in [1.807, 2.05) is 0 Å². The number of amides is 1. The van der Waals surface area contributed by atoms with Crippen LogP contribution in [0.2, 0.25) is 0 Å². The van der Waals surface area contributed by atoms with Crippen LogP contribution in [0.3, 0.4) is 0 Å². The number of hydrogen-bond donors (Lipinski definition) is 2. The molecule has 2 rings (SSSR count). The van der Waals surface area contributed by atoms with Crippen LogP contribution in [0.5, 0.6) is 0 Å². The number of carboxylic acids is 1. The van der Waals surface area contributed by atoms with E-state index >= 15 is 0 Å². The Morgan fingerprint density at radius 3 is 2.50 bits per heavy atom. The van der Waals surface area contributed by atoms with Gasteiger partial charge in [-0.25, -0.2) is 4.79 Å². The third-order valence-corrected chi connectivity index (χ3v) is 2.50. The quantitative estimate of drug-likeness (QED) is 0.887. The average Bonchev–Trinajstić information content (AvgIpc) is 2.37. The van der Waals surface area contributed by atoms with Crippen molar-refractivity contribution in [2.45, 2.75) is 6.18 Å². The van der Waals surface area contributed by atoms with Crippen LogP contribution in [0.4, 0.5) is 18.9 Å². The van der Waals surface area contributed by atoms with Crippen molar-refractivity contribution in [2.75, 3.05) is 5.32 Å². The van der Waals surface area contributed by atoms with Crippen LogP contribution in [0, 0.1) is 0 Å². The minimum atomic E-state index is -5.12. The Hall–Kier alpha value is -2.64. The van der Waals surface area contributed by atoms with Gasteiger partial charge in [0.05, 0.1) is 16.8 Å². The normalized spacial score (nSPS) is 11.3. The summed E-state index contributed by atoms with van der Waals surface area (Å²) >= 11 is 0. The Kier molecular flexibility index (Phi) is 3.31. The molecule has 0 fully saturated rings. The van der Waals surface area contributed by atoms with E-state index in [0.717, 1.165) is 6.07 Å². The second kappa shape index (κ2) is 4.80. The number of rotatable bonds is 2. The van der Waals surface area contributed by atoms with Crippen molar-refractivity contribution < 1.29 is 27.9 Å². The van der Waals surface area contributed by atoms with Crippen LogP contribution < -0.4 is 5.32 Å². The van der Waals surface area contributed by atoms with Crippen molar-refractivity contribution in [1.82, 2.24) is 4.98 Å². The summed E-state index contributed by atoms with van der Waals surface area (Å²) in [7, 11) is 0. The van der Waals surface area contributed by atoms with Crippen molar-refractivity contribution >= 4 is 28.5 Å². The number of pyridine rings is 1. The Bertz CT molecular complexity index is 698. The van der Waals surface area contributed by atoms with Gasteiger partial charge < -0.3 is 10.4 Å². The molecule has 0 aliphatic carbocycles. The van der Waals surface area contributed by atoms with Gasteiger partial charge in [0.25, 0.3) is 0 Å². The maximum Gasteiger partial charge on any atom is 0.471 e. The van der Waals surface area contributed by atoms with Crippen molar-refractivity contribution in [1.29, 1.82) is 0 Å². The molecule has 0 saturated heterocycles. The molecule has 2 N–H and O–H groups in total. The summed E-state index contributed by atoms with van der Waals surface area (Å²) < 4.78 is 36.9. The second-order valence-electron chi connectivity index (χ2n) is 3.82. The molecule has 0 unspecified atom stereocenters. The number of alkyl halides is 3. The first kappa shape index (κ1) is 13.8. The third-order valence-electron chi connectivity index (χ3n) is 2.50. The Morgan fingerprint density at radius 1 is 1.20 bits per heavy atom. The lowest BCUT2D eigenvalue weighted by Gasteiger charge is -2.12. The van der Waals surface area contributed by atoms with Crippen LogP contribution in [-0.2, 0) is 4.79 Å². The molecular formula is C12H7F3N2O3. The van der Waals surface area contributed by atoms with E-state index in [0.29, 0.717) is 5.39 Å². The molecule has 0 spiro atoms. The highest BCUT2D eigenvalue weighted by molar-refractivity contribution is 6.10. The molecule has 20 heavy (non-hydrogen) atoms. The first-order valence-corrected chi connectivity index (χ1v) is 5.30. The van der Waals surface area contributed by atoms with Gasteiger partial charge in [-0.3, -0.25) is 9.78 Å². The standard InChI is InChI=1S/C12H7F3N2O3/c13-12(14,15)11(20)17-9-7(10(18)19)4-3-6-2-1-5-16-8(6)9/h1-5H,(H,17,20)(H,18,19). The first-order valence-electron chi connectivity index (χ1n) is 5.30. The fourth-order valence-corrected chi connectivity index (χ4v) is 1.63. The highest BCUT2D eigenvalue weighted by Gasteiger charge is 2.39. The van der Waals surface area contributed by atoms with Gasteiger partial charge in [-0.1, -0.05) is 12.1 Å². The van der Waals surface area contributed by atoms with E-state index in [-0.39, 0.29) is 5.52 Å². The molecule has 1 amide bonds. The number of halogens is 3. The van der Waals surface area contributed by atoms with Crippen LogP contribution in [0.1, 0.15) is 10.4 Å². The molecule has 8 heteroatoms. The predicted molar refractivity (Wildman–Crippen MR) is 63.4 cm³/mol. The lowest BCUT2D eigenvalue weighted by Crippen LogP contribution is -2.30. The van der Waals surface area contributed by atoms with Gasteiger partial charge in [-0.15, -0.1) is 0 Å². The maximum absolute atomic E-state index is 12.3. The molecule has 1 aromatic heterocycles. The van der Waals surface area contributed by atoms with Gasteiger partial charge in [-0.2, -0.15) is 13.2 Å². The molecule has 1 aromatic carbocycles. The van der Waals surface area contributed by atoms with E-state index in [9.17, 15) is 22.8 Å². The number of nitrogens with zero attached hydrogens (tertiary/aromatic N) is 1. The van der Waals surface area contributed by atoms with Gasteiger partial charge in [0.2, 0.25) is 0 Å². The number of anilines is 1. The molecule has 104 valence electrons. The highest BCUT2D eigenvalue weighted by atomic mass is 19.4. The van der Waals surface area contributed by atoms with Crippen molar-refractivity contribution in [3.05, 3.63) is 36.0 Å². The SMILES string of the molecule is O=C(O)c1ccc2cccnc2c1NC(=O)C(F)(F)F. The molecule has 0 aliphatic heterocycles. The number of hydrogen-bond acceptors (Lipinski definition) is 3. The predicted octanol–water partition coefficient (Wildman–Crippen LogP) is 2.43. The lowest BCUT2D eigenvalue weighted by molar-refractivity contribution is -0.167. The Morgan fingerprint density at radius 2 is 1.90 bits per heavy atom. The number of nitrogens with one attached hydrogen (secondary N) is 1. The summed E-state index contributed by atoms with van der Waals surface area (Å²) in [6, 6.07) is 5.59. The largest absolute Gasteiger partial charge is 0.478 e. The van der Waals surface area contributed by atoms with Gasteiger partial charge in [0.15, 0.2) is 0 Å². The maximum atomic E-state index is 12.3. The second-order valence-corrected chi connectivity index (χ2v) is 3.82. The zero-order chi connectivity index (χ0) is 14.9. The zero-order valence-corrected chi connectivity index (χ0v) is 9.73. The van der Waals surface area contributed by atoms with E-state index in [2.05, 4.69) is 4.98 Å². The molecule has 0 bridgehead atoms. The summed E-state index contributed by atoms with van der Waals surface area (Å²) in [5.41, 5.74) is -0.961. The number of fused-ring (bicyclic) bond motifs is 1. The van der Waals surface area contributed by atoms with Crippen molar-refractivity contribution in [3.8, 4) is 0 Å². The van der Waals surface area contributed by atoms with Crippen LogP contribution in [-0.4, -0.2) is 28.1 Å². The average molecular weight is 284 g/mol. The molecule has 0 aliphatic rings. The van der Waals surface area contributed by atoms with Gasteiger partial charge in [0, 0.05) is 11.6 Å². The smallest absolute Gasteiger partial charge is 0.471 e. The van der Waals surface area contributed by atoms with Crippen molar-refractivity contribution in [3.63, 3.8) is 0 Å². The molecule has 5 nitrogen and oxygen atoms in total. The fraction of sp³-hybridized carbons (Fsp3) is 0.0833. The van der Waals surface area contributed by atoms with Crippen LogP contribution >= 0.6 is 0 Å². The molecule has 0 atom stereocenters. The van der Waals surface area contributed by atoms with E-state index < -0.39 is 29.3 Å².